The molecular weight excluding hydrogens is 160 g/mol. The van der Waals surface area contributed by atoms with Crippen LogP contribution in [0.3, 0.4) is 0 Å². The summed E-state index contributed by atoms with van der Waals surface area (Å²) in [5.74, 6) is 0. The second-order valence-corrected chi connectivity index (χ2v) is 3.22. The first-order valence-electron chi connectivity index (χ1n) is 4.93. The summed E-state index contributed by atoms with van der Waals surface area (Å²) in [6.07, 6.45) is 0. The van der Waals surface area contributed by atoms with Crippen LogP contribution in [-0.4, -0.2) is 11.8 Å². The van der Waals surface area contributed by atoms with E-state index in [1.165, 1.54) is 0 Å². The van der Waals surface area contributed by atoms with E-state index in [0.29, 0.717) is 6.04 Å². The van der Waals surface area contributed by atoms with Crippen molar-refractivity contribution in [3.63, 3.8) is 0 Å². The van der Waals surface area contributed by atoms with Gasteiger partial charge in [0.05, 0.1) is 11.4 Å². The number of hydrogen-bond acceptors (Lipinski definition) is 2. The van der Waals surface area contributed by atoms with Gasteiger partial charge < -0.3 is 5.73 Å². The van der Waals surface area contributed by atoms with Gasteiger partial charge in [0.2, 0.25) is 0 Å². The van der Waals surface area contributed by atoms with Crippen LogP contribution in [0, 0.1) is 0 Å². The van der Waals surface area contributed by atoms with Crippen molar-refractivity contribution in [2.24, 2.45) is 10.7 Å². The zero-order valence-corrected chi connectivity index (χ0v) is 10.1. The van der Waals surface area contributed by atoms with E-state index in [1.807, 2.05) is 48.5 Å². The average Bonchev–Trinajstić information content (AvgIpc) is 2.05. The van der Waals surface area contributed by atoms with E-state index in [2.05, 4.69) is 4.99 Å². The summed E-state index contributed by atoms with van der Waals surface area (Å²) in [6.45, 7) is 14.0. The second-order valence-electron chi connectivity index (χ2n) is 3.22. The Hall–Kier alpha value is -0.790. The average molecular weight is 184 g/mol. The van der Waals surface area contributed by atoms with Crippen LogP contribution in [-0.2, 0) is 0 Å². The summed E-state index contributed by atoms with van der Waals surface area (Å²) < 4.78 is 0. The fourth-order valence-corrected chi connectivity index (χ4v) is 0.819. The smallest absolute Gasteiger partial charge is 0.0548 e. The molecule has 0 spiro atoms. The maximum atomic E-state index is 5.76. The predicted molar refractivity (Wildman–Crippen MR) is 62.2 cm³/mol. The Morgan fingerprint density at radius 3 is 1.69 bits per heavy atom. The molecule has 0 saturated heterocycles. The molecule has 0 aliphatic heterocycles. The highest BCUT2D eigenvalue weighted by Crippen LogP contribution is 2.00. The Balaban J connectivity index is 0. The van der Waals surface area contributed by atoms with E-state index in [4.69, 9.17) is 5.73 Å². The monoisotopic (exact) mass is 184 g/mol. The molecule has 0 aliphatic rings. The summed E-state index contributed by atoms with van der Waals surface area (Å²) in [5, 5.41) is 0. The first-order chi connectivity index (χ1) is 5.95. The van der Waals surface area contributed by atoms with Gasteiger partial charge in [0.15, 0.2) is 0 Å². The molecule has 0 aliphatic carbocycles. The Morgan fingerprint density at radius 2 is 1.46 bits per heavy atom. The molecule has 0 saturated carbocycles. The van der Waals surface area contributed by atoms with E-state index in [1.54, 1.807) is 0 Å². The maximum Gasteiger partial charge on any atom is 0.0548 e. The summed E-state index contributed by atoms with van der Waals surface area (Å²) in [5.41, 5.74) is 8.65. The fraction of sp³-hybridized carbons (Fsp3) is 0.727. The lowest BCUT2D eigenvalue weighted by atomic mass is 10.2. The molecule has 0 bridgehead atoms. The van der Waals surface area contributed by atoms with Crippen LogP contribution in [0.2, 0.25) is 0 Å². The third-order valence-electron chi connectivity index (χ3n) is 1.38. The number of allylic oxidation sites excluding steroid dienone is 2. The summed E-state index contributed by atoms with van der Waals surface area (Å²) in [4.78, 5) is 4.33. The van der Waals surface area contributed by atoms with Gasteiger partial charge in [0.25, 0.3) is 0 Å². The molecule has 0 amide bonds. The van der Waals surface area contributed by atoms with Crippen molar-refractivity contribution in [2.75, 3.05) is 0 Å². The van der Waals surface area contributed by atoms with Crippen molar-refractivity contribution in [2.45, 2.75) is 54.5 Å². The van der Waals surface area contributed by atoms with Crippen molar-refractivity contribution in [1.29, 1.82) is 0 Å². The minimum atomic E-state index is 0.327. The molecule has 0 fully saturated rings. The fourth-order valence-electron chi connectivity index (χ4n) is 0.819. The van der Waals surface area contributed by atoms with E-state index < -0.39 is 0 Å². The molecule has 2 N–H and O–H groups in total. The van der Waals surface area contributed by atoms with Crippen LogP contribution in [0.1, 0.15) is 48.5 Å². The quantitative estimate of drug-likeness (QED) is 0.658. The third kappa shape index (κ3) is 7.57. The van der Waals surface area contributed by atoms with Gasteiger partial charge in [-0.2, -0.15) is 0 Å². The van der Waals surface area contributed by atoms with Crippen LogP contribution < -0.4 is 5.73 Å². The molecule has 0 radical (unpaired) electrons. The maximum absolute atomic E-state index is 5.76. The van der Waals surface area contributed by atoms with Crippen molar-refractivity contribution >= 4 is 5.71 Å². The lowest BCUT2D eigenvalue weighted by Gasteiger charge is -2.04. The normalized spacial score (nSPS) is 10.6. The SMILES string of the molecule is CC.CC(=NC(C)C)C(N)=C(C)C. The Labute approximate surface area is 82.9 Å². The van der Waals surface area contributed by atoms with E-state index in [-0.39, 0.29) is 0 Å². The first kappa shape index (κ1) is 14.7. The molecular formula is C11H24N2. The van der Waals surface area contributed by atoms with E-state index >= 15 is 0 Å². The highest BCUT2D eigenvalue weighted by Gasteiger charge is 1.98. The molecule has 13 heavy (non-hydrogen) atoms. The first-order valence-corrected chi connectivity index (χ1v) is 4.93. The molecule has 0 unspecified atom stereocenters. The molecule has 0 aromatic rings. The number of aliphatic imine (C=N–C) groups is 1. The molecule has 0 aromatic heterocycles. The minimum absolute atomic E-state index is 0.327. The van der Waals surface area contributed by atoms with Crippen LogP contribution in [0.5, 0.6) is 0 Å². The Morgan fingerprint density at radius 1 is 1.08 bits per heavy atom. The number of hydrogen-bond donors (Lipinski definition) is 1. The molecule has 0 rings (SSSR count). The minimum Gasteiger partial charge on any atom is -0.397 e. The summed E-state index contributed by atoms with van der Waals surface area (Å²) in [7, 11) is 0. The zero-order valence-electron chi connectivity index (χ0n) is 10.1. The Bertz CT molecular complexity index is 184. The highest BCUT2D eigenvalue weighted by molar-refractivity contribution is 5.97. The largest absolute Gasteiger partial charge is 0.397 e. The number of nitrogens with two attached hydrogens (primary N) is 1. The van der Waals surface area contributed by atoms with Gasteiger partial charge in [0.1, 0.15) is 0 Å². The van der Waals surface area contributed by atoms with Gasteiger partial charge in [-0.25, -0.2) is 0 Å². The van der Waals surface area contributed by atoms with E-state index in [9.17, 15) is 0 Å². The molecule has 2 nitrogen and oxygen atoms in total. The standard InChI is InChI=1S/C9H18N2.C2H6/c1-6(2)9(10)8(5)11-7(3)4;1-2/h7H,10H2,1-5H3;1-2H3. The molecule has 0 heterocycles. The van der Waals surface area contributed by atoms with Crippen LogP contribution in [0.25, 0.3) is 0 Å². The summed E-state index contributed by atoms with van der Waals surface area (Å²) in [6, 6.07) is 0.327. The van der Waals surface area contributed by atoms with Gasteiger partial charge >= 0.3 is 0 Å². The molecule has 78 valence electrons. The van der Waals surface area contributed by atoms with Crippen LogP contribution >= 0.6 is 0 Å². The lowest BCUT2D eigenvalue weighted by molar-refractivity contribution is 0.834. The second kappa shape index (κ2) is 7.84. The van der Waals surface area contributed by atoms with Crippen molar-refractivity contribution in [1.82, 2.24) is 0 Å². The van der Waals surface area contributed by atoms with Crippen molar-refractivity contribution < 1.29 is 0 Å². The van der Waals surface area contributed by atoms with Gasteiger partial charge in [-0.15, -0.1) is 0 Å². The van der Waals surface area contributed by atoms with Gasteiger partial charge in [-0.1, -0.05) is 19.4 Å². The van der Waals surface area contributed by atoms with E-state index in [0.717, 1.165) is 17.0 Å². The topological polar surface area (TPSA) is 38.4 Å². The van der Waals surface area contributed by atoms with Crippen LogP contribution in [0.4, 0.5) is 0 Å². The number of nitrogens with zero attached hydrogens (tertiary/aromatic N) is 1. The lowest BCUT2D eigenvalue weighted by Crippen LogP contribution is -2.11. The predicted octanol–water partition coefficient (Wildman–Crippen LogP) is 3.13. The molecule has 0 aromatic carbocycles. The molecule has 0 atom stereocenters. The van der Waals surface area contributed by atoms with Gasteiger partial charge in [-0.3, -0.25) is 4.99 Å². The van der Waals surface area contributed by atoms with Gasteiger partial charge in [0, 0.05) is 6.04 Å². The zero-order chi connectivity index (χ0) is 11.0. The van der Waals surface area contributed by atoms with Crippen molar-refractivity contribution in [3.8, 4) is 0 Å². The van der Waals surface area contributed by atoms with Crippen molar-refractivity contribution in [3.05, 3.63) is 11.3 Å². The molecule has 2 heteroatoms. The van der Waals surface area contributed by atoms with Crippen LogP contribution in [0.15, 0.2) is 16.3 Å². The number of rotatable bonds is 2. The summed E-state index contributed by atoms with van der Waals surface area (Å²) >= 11 is 0. The third-order valence-corrected chi connectivity index (χ3v) is 1.38. The Kier molecular flexibility index (Phi) is 8.87. The highest BCUT2D eigenvalue weighted by atomic mass is 14.8. The van der Waals surface area contributed by atoms with Gasteiger partial charge in [-0.05, 0) is 34.6 Å².